The Hall–Kier alpha value is -2.37. The van der Waals surface area contributed by atoms with E-state index in [0.717, 1.165) is 5.56 Å². The highest BCUT2D eigenvalue weighted by Gasteiger charge is 2.21. The number of carbonyl (C=O) groups excluding carboxylic acids is 1. The first-order valence-electron chi connectivity index (χ1n) is 5.82. The van der Waals surface area contributed by atoms with Crippen LogP contribution in [0.2, 0.25) is 0 Å². The molecule has 19 heavy (non-hydrogen) atoms. The van der Waals surface area contributed by atoms with Gasteiger partial charge in [0.15, 0.2) is 0 Å². The maximum atomic E-state index is 12.9. The molecular weight excluding hydrogens is 247 g/mol. The third-order valence-electron chi connectivity index (χ3n) is 3.14. The third kappa shape index (κ3) is 2.57. The number of nitrogens with one attached hydrogen (secondary N) is 1. The molecule has 1 amide bonds. The first-order valence-corrected chi connectivity index (χ1v) is 5.82. The van der Waals surface area contributed by atoms with E-state index in [-0.39, 0.29) is 23.5 Å². The van der Waals surface area contributed by atoms with Crippen molar-refractivity contribution in [1.29, 1.82) is 0 Å². The molecule has 2 rings (SSSR count). The molecule has 100 valence electrons. The maximum absolute atomic E-state index is 12.9. The Morgan fingerprint density at radius 2 is 2.05 bits per heavy atom. The second-order valence-corrected chi connectivity index (χ2v) is 4.34. The molecule has 0 aliphatic carbocycles. The number of rotatable bonds is 3. The Balaban J connectivity index is 2.19. The zero-order chi connectivity index (χ0) is 14.0. The molecule has 1 heterocycles. The summed E-state index contributed by atoms with van der Waals surface area (Å²) >= 11 is 0. The van der Waals surface area contributed by atoms with Crippen molar-refractivity contribution in [3.05, 3.63) is 47.5 Å². The van der Waals surface area contributed by atoms with E-state index in [9.17, 15) is 9.18 Å². The van der Waals surface area contributed by atoms with Gasteiger partial charge in [-0.15, -0.1) is 0 Å². The number of nitrogens with two attached hydrogens (primary N) is 1. The van der Waals surface area contributed by atoms with Gasteiger partial charge < -0.3 is 10.6 Å². The second-order valence-electron chi connectivity index (χ2n) is 4.34. The lowest BCUT2D eigenvalue weighted by molar-refractivity contribution is 0.0737. The van der Waals surface area contributed by atoms with E-state index in [0.29, 0.717) is 5.69 Å². The van der Waals surface area contributed by atoms with E-state index >= 15 is 0 Å². The van der Waals surface area contributed by atoms with Crippen LogP contribution in [-0.4, -0.2) is 28.1 Å². The molecule has 1 unspecified atom stereocenters. The number of carbonyl (C=O) groups is 1. The van der Waals surface area contributed by atoms with Gasteiger partial charge in [0.1, 0.15) is 11.5 Å². The van der Waals surface area contributed by atoms with Crippen LogP contribution in [0, 0.1) is 5.82 Å². The highest BCUT2D eigenvalue weighted by Crippen LogP contribution is 2.21. The number of H-pyrrole nitrogens is 1. The normalized spacial score (nSPS) is 12.2. The van der Waals surface area contributed by atoms with E-state index in [1.54, 1.807) is 19.2 Å². The molecule has 0 aliphatic rings. The fourth-order valence-corrected chi connectivity index (χ4v) is 1.78. The van der Waals surface area contributed by atoms with Gasteiger partial charge in [-0.1, -0.05) is 12.1 Å². The zero-order valence-electron chi connectivity index (χ0n) is 10.7. The number of hydrogen-bond donors (Lipinski definition) is 2. The number of aromatic amines is 1. The van der Waals surface area contributed by atoms with E-state index < -0.39 is 0 Å². The number of hydrogen-bond acceptors (Lipinski definition) is 3. The van der Waals surface area contributed by atoms with Gasteiger partial charge in [-0.25, -0.2) is 4.39 Å². The predicted octanol–water partition coefficient (Wildman–Crippen LogP) is 1.96. The Bertz CT molecular complexity index is 579. The molecule has 6 heteroatoms. The number of halogens is 1. The largest absolute Gasteiger partial charge is 0.396 e. The van der Waals surface area contributed by atoms with Gasteiger partial charge >= 0.3 is 0 Å². The van der Waals surface area contributed by atoms with Crippen molar-refractivity contribution >= 4 is 11.6 Å². The summed E-state index contributed by atoms with van der Waals surface area (Å²) in [6, 6.07) is 5.85. The van der Waals surface area contributed by atoms with Crippen LogP contribution < -0.4 is 5.73 Å². The van der Waals surface area contributed by atoms with Gasteiger partial charge in [-0.2, -0.15) is 5.10 Å². The topological polar surface area (TPSA) is 75.0 Å². The van der Waals surface area contributed by atoms with Crippen LogP contribution in [0.3, 0.4) is 0 Å². The molecule has 0 saturated carbocycles. The standard InChI is InChI=1S/C13H15FN4O/c1-8(9-3-5-10(14)6-4-9)18(2)13(19)12-11(15)7-16-17-12/h3-8H,15H2,1-2H3,(H,16,17). The summed E-state index contributed by atoms with van der Waals surface area (Å²) < 4.78 is 12.9. The number of anilines is 1. The summed E-state index contributed by atoms with van der Waals surface area (Å²) in [5.74, 6) is -0.561. The number of aromatic nitrogens is 2. The molecule has 5 nitrogen and oxygen atoms in total. The van der Waals surface area contributed by atoms with E-state index in [2.05, 4.69) is 10.2 Å². The van der Waals surface area contributed by atoms with Gasteiger partial charge in [0.25, 0.3) is 5.91 Å². The van der Waals surface area contributed by atoms with Gasteiger partial charge in [-0.05, 0) is 24.6 Å². The summed E-state index contributed by atoms with van der Waals surface area (Å²) in [6.45, 7) is 1.86. The van der Waals surface area contributed by atoms with E-state index in [1.165, 1.54) is 23.2 Å². The fraction of sp³-hybridized carbons (Fsp3) is 0.231. The van der Waals surface area contributed by atoms with Gasteiger partial charge in [0.05, 0.1) is 17.9 Å². The summed E-state index contributed by atoms with van der Waals surface area (Å²) in [5.41, 5.74) is 7.06. The average molecular weight is 262 g/mol. The number of benzene rings is 1. The Morgan fingerprint density at radius 1 is 1.42 bits per heavy atom. The highest BCUT2D eigenvalue weighted by molar-refractivity contribution is 5.97. The molecule has 0 aliphatic heterocycles. The molecule has 2 aromatic rings. The van der Waals surface area contributed by atoms with Crippen LogP contribution in [0.25, 0.3) is 0 Å². The highest BCUT2D eigenvalue weighted by atomic mass is 19.1. The van der Waals surface area contributed by atoms with Crippen LogP contribution in [-0.2, 0) is 0 Å². The van der Waals surface area contributed by atoms with Crippen molar-refractivity contribution in [2.45, 2.75) is 13.0 Å². The smallest absolute Gasteiger partial charge is 0.274 e. The summed E-state index contributed by atoms with van der Waals surface area (Å²) in [6.07, 6.45) is 1.39. The quantitative estimate of drug-likeness (QED) is 0.888. The number of amides is 1. The average Bonchev–Trinajstić information content (AvgIpc) is 2.83. The van der Waals surface area contributed by atoms with Crippen LogP contribution in [0.4, 0.5) is 10.1 Å². The third-order valence-corrected chi connectivity index (χ3v) is 3.14. The molecule has 0 saturated heterocycles. The molecule has 0 bridgehead atoms. The van der Waals surface area contributed by atoms with Crippen molar-refractivity contribution in [3.8, 4) is 0 Å². The zero-order valence-corrected chi connectivity index (χ0v) is 10.7. The van der Waals surface area contributed by atoms with Gasteiger partial charge in [0.2, 0.25) is 0 Å². The predicted molar refractivity (Wildman–Crippen MR) is 69.9 cm³/mol. The molecule has 0 spiro atoms. The van der Waals surface area contributed by atoms with Gasteiger partial charge in [-0.3, -0.25) is 9.89 Å². The maximum Gasteiger partial charge on any atom is 0.274 e. The van der Waals surface area contributed by atoms with Crippen LogP contribution >= 0.6 is 0 Å². The van der Waals surface area contributed by atoms with Crippen molar-refractivity contribution in [2.24, 2.45) is 0 Å². The second kappa shape index (κ2) is 5.09. The minimum absolute atomic E-state index is 0.198. The van der Waals surface area contributed by atoms with Crippen molar-refractivity contribution < 1.29 is 9.18 Å². The summed E-state index contributed by atoms with van der Waals surface area (Å²) in [7, 11) is 1.66. The summed E-state index contributed by atoms with van der Waals surface area (Å²) in [4.78, 5) is 13.7. The van der Waals surface area contributed by atoms with Gasteiger partial charge in [0, 0.05) is 7.05 Å². The molecule has 3 N–H and O–H groups in total. The lowest BCUT2D eigenvalue weighted by Crippen LogP contribution is -2.30. The van der Waals surface area contributed by atoms with Crippen LogP contribution in [0.15, 0.2) is 30.5 Å². The Labute approximate surface area is 110 Å². The monoisotopic (exact) mass is 262 g/mol. The minimum Gasteiger partial charge on any atom is -0.396 e. The molecular formula is C13H15FN4O. The van der Waals surface area contributed by atoms with E-state index in [1.807, 2.05) is 6.92 Å². The fourth-order valence-electron chi connectivity index (χ4n) is 1.78. The number of nitrogen functional groups attached to an aromatic ring is 1. The van der Waals surface area contributed by atoms with Crippen molar-refractivity contribution in [3.63, 3.8) is 0 Å². The minimum atomic E-state index is -0.303. The first kappa shape index (κ1) is 13.1. The van der Waals surface area contributed by atoms with Crippen molar-refractivity contribution in [1.82, 2.24) is 15.1 Å². The summed E-state index contributed by atoms with van der Waals surface area (Å²) in [5, 5.41) is 6.30. The molecule has 0 radical (unpaired) electrons. The van der Waals surface area contributed by atoms with Crippen LogP contribution in [0.5, 0.6) is 0 Å². The van der Waals surface area contributed by atoms with E-state index in [4.69, 9.17) is 5.73 Å². The Kier molecular flexibility index (Phi) is 3.50. The van der Waals surface area contributed by atoms with Crippen LogP contribution in [0.1, 0.15) is 29.0 Å². The molecule has 0 fully saturated rings. The lowest BCUT2D eigenvalue weighted by atomic mass is 10.1. The molecule has 1 atom stereocenters. The number of nitrogens with zero attached hydrogens (tertiary/aromatic N) is 2. The SMILES string of the molecule is CC(c1ccc(F)cc1)N(C)C(=O)c1[nH]ncc1N. The first-order chi connectivity index (χ1) is 9.00. The van der Waals surface area contributed by atoms with Crippen molar-refractivity contribution in [2.75, 3.05) is 12.8 Å². The molecule has 1 aromatic heterocycles. The molecule has 1 aromatic carbocycles. The Morgan fingerprint density at radius 3 is 2.58 bits per heavy atom. The lowest BCUT2D eigenvalue weighted by Gasteiger charge is -2.25.